The second-order valence-corrected chi connectivity index (χ2v) is 4.61. The van der Waals surface area contributed by atoms with Crippen LogP contribution >= 0.6 is 0 Å². The molecule has 0 aromatic carbocycles. The molecule has 1 rings (SSSR count). The first-order valence-corrected chi connectivity index (χ1v) is 6.67. The number of carboxylic acid groups (broad SMARTS) is 1. The van der Waals surface area contributed by atoms with E-state index in [1.165, 1.54) is 4.90 Å². The summed E-state index contributed by atoms with van der Waals surface area (Å²) in [4.78, 5) is 25.6. The Morgan fingerprint density at radius 2 is 1.70 bits per heavy atom. The van der Waals surface area contributed by atoms with E-state index in [4.69, 9.17) is 20.1 Å². The van der Waals surface area contributed by atoms with Crippen molar-refractivity contribution in [3.63, 3.8) is 0 Å². The first-order valence-electron chi connectivity index (χ1n) is 6.67. The summed E-state index contributed by atoms with van der Waals surface area (Å²) in [5.41, 5.74) is 0. The van der Waals surface area contributed by atoms with Crippen molar-refractivity contribution in [3.05, 3.63) is 0 Å². The summed E-state index contributed by atoms with van der Waals surface area (Å²) in [6, 6.07) is -0.218. The van der Waals surface area contributed by atoms with Crippen LogP contribution in [0, 0.1) is 0 Å². The van der Waals surface area contributed by atoms with Crippen LogP contribution in [0.25, 0.3) is 0 Å². The highest BCUT2D eigenvalue weighted by atomic mass is 16.5. The van der Waals surface area contributed by atoms with Crippen molar-refractivity contribution in [2.45, 2.75) is 18.9 Å². The number of amides is 2. The Bertz CT molecular complexity index is 311. The fourth-order valence-corrected chi connectivity index (χ4v) is 2.15. The smallest absolute Gasteiger partial charge is 0.329 e. The van der Waals surface area contributed by atoms with E-state index in [-0.39, 0.29) is 45.0 Å². The number of carbonyl (C=O) groups excluding carboxylic acids is 1. The van der Waals surface area contributed by atoms with Gasteiger partial charge in [-0.25, -0.2) is 9.59 Å². The molecule has 116 valence electrons. The van der Waals surface area contributed by atoms with Gasteiger partial charge in [0.1, 0.15) is 6.61 Å². The molecule has 0 aromatic heterocycles. The van der Waals surface area contributed by atoms with Crippen LogP contribution in [0.2, 0.25) is 0 Å². The minimum Gasteiger partial charge on any atom is -0.480 e. The van der Waals surface area contributed by atoms with Crippen LogP contribution < -0.4 is 0 Å². The third-order valence-electron chi connectivity index (χ3n) is 3.17. The fraction of sp³-hybridized carbons (Fsp3) is 0.833. The molecule has 0 saturated carbocycles. The zero-order valence-electron chi connectivity index (χ0n) is 11.4. The van der Waals surface area contributed by atoms with Gasteiger partial charge in [0, 0.05) is 26.2 Å². The Morgan fingerprint density at radius 1 is 1.15 bits per heavy atom. The lowest BCUT2D eigenvalue weighted by molar-refractivity contribution is -0.145. The molecule has 0 aromatic rings. The van der Waals surface area contributed by atoms with Crippen molar-refractivity contribution in [1.29, 1.82) is 0 Å². The zero-order chi connectivity index (χ0) is 15.0. The number of ether oxygens (including phenoxy) is 1. The number of carboxylic acids is 1. The van der Waals surface area contributed by atoms with Crippen LogP contribution in [-0.4, -0.2) is 89.2 Å². The maximum atomic E-state index is 12.1. The second-order valence-electron chi connectivity index (χ2n) is 4.61. The predicted molar refractivity (Wildman–Crippen MR) is 69.3 cm³/mol. The van der Waals surface area contributed by atoms with Crippen molar-refractivity contribution >= 4 is 12.0 Å². The van der Waals surface area contributed by atoms with Gasteiger partial charge in [-0.1, -0.05) is 0 Å². The van der Waals surface area contributed by atoms with Gasteiger partial charge in [-0.15, -0.1) is 0 Å². The number of hydrogen-bond acceptors (Lipinski definition) is 5. The van der Waals surface area contributed by atoms with Crippen molar-refractivity contribution < 1.29 is 29.6 Å². The summed E-state index contributed by atoms with van der Waals surface area (Å²) in [6.45, 7) is 0.726. The molecule has 2 amide bonds. The van der Waals surface area contributed by atoms with E-state index in [0.717, 1.165) is 0 Å². The molecule has 0 spiro atoms. The quantitative estimate of drug-likeness (QED) is 0.552. The van der Waals surface area contributed by atoms with Gasteiger partial charge in [-0.05, 0) is 12.8 Å². The summed E-state index contributed by atoms with van der Waals surface area (Å²) in [5.74, 6) is -0.999. The number of nitrogens with zero attached hydrogens (tertiary/aromatic N) is 2. The molecular weight excluding hydrogens is 268 g/mol. The summed E-state index contributed by atoms with van der Waals surface area (Å²) < 4.78 is 5.20. The zero-order valence-corrected chi connectivity index (χ0v) is 11.4. The molecule has 20 heavy (non-hydrogen) atoms. The van der Waals surface area contributed by atoms with Gasteiger partial charge >= 0.3 is 12.0 Å². The normalized spacial score (nSPS) is 16.2. The highest BCUT2D eigenvalue weighted by molar-refractivity contribution is 5.74. The lowest BCUT2D eigenvalue weighted by Gasteiger charge is -2.35. The van der Waals surface area contributed by atoms with Crippen LogP contribution in [0.4, 0.5) is 4.79 Å². The van der Waals surface area contributed by atoms with Gasteiger partial charge in [-0.2, -0.15) is 0 Å². The topological polar surface area (TPSA) is 111 Å². The van der Waals surface area contributed by atoms with Gasteiger partial charge in [0.2, 0.25) is 0 Å². The fourth-order valence-electron chi connectivity index (χ4n) is 2.15. The first-order chi connectivity index (χ1) is 9.58. The average molecular weight is 290 g/mol. The Morgan fingerprint density at radius 3 is 2.15 bits per heavy atom. The maximum Gasteiger partial charge on any atom is 0.329 e. The van der Waals surface area contributed by atoms with Crippen LogP contribution in [0.15, 0.2) is 0 Å². The molecule has 0 aliphatic carbocycles. The highest BCUT2D eigenvalue weighted by Crippen LogP contribution is 2.15. The number of likely N-dealkylation sites (tertiary alicyclic amines) is 1. The van der Waals surface area contributed by atoms with Crippen molar-refractivity contribution in [2.24, 2.45) is 0 Å². The van der Waals surface area contributed by atoms with E-state index in [0.29, 0.717) is 25.9 Å². The molecule has 1 aliphatic rings. The van der Waals surface area contributed by atoms with E-state index in [1.54, 1.807) is 4.90 Å². The van der Waals surface area contributed by atoms with E-state index in [2.05, 4.69) is 0 Å². The first kappa shape index (κ1) is 16.7. The average Bonchev–Trinajstić information content (AvgIpc) is 2.44. The predicted octanol–water partition coefficient (Wildman–Crippen LogP) is -1.04. The van der Waals surface area contributed by atoms with Gasteiger partial charge < -0.3 is 29.9 Å². The highest BCUT2D eigenvalue weighted by Gasteiger charge is 2.26. The summed E-state index contributed by atoms with van der Waals surface area (Å²) in [7, 11) is 0. The molecule has 0 atom stereocenters. The molecule has 1 aliphatic heterocycles. The number of rotatable bonds is 7. The van der Waals surface area contributed by atoms with Crippen molar-refractivity contribution in [3.8, 4) is 0 Å². The number of aliphatic hydroxyl groups excluding tert-OH is 2. The number of aliphatic hydroxyl groups is 2. The molecule has 0 bridgehead atoms. The standard InChI is InChI=1S/C12H22N2O6/c15-7-5-14(6-8-16)12(19)13-3-1-10(2-4-13)20-9-11(17)18/h10,15-16H,1-9H2,(H,17,18). The van der Waals surface area contributed by atoms with Crippen LogP contribution in [0.5, 0.6) is 0 Å². The number of hydrogen-bond donors (Lipinski definition) is 3. The Balaban J connectivity index is 2.39. The van der Waals surface area contributed by atoms with Crippen LogP contribution in [0.1, 0.15) is 12.8 Å². The van der Waals surface area contributed by atoms with Crippen LogP contribution in [0.3, 0.4) is 0 Å². The molecule has 3 N–H and O–H groups in total. The molecular formula is C12H22N2O6. The third kappa shape index (κ3) is 5.32. The van der Waals surface area contributed by atoms with Crippen molar-refractivity contribution in [2.75, 3.05) is 46.0 Å². The van der Waals surface area contributed by atoms with Crippen molar-refractivity contribution in [1.82, 2.24) is 9.80 Å². The van der Waals surface area contributed by atoms with Crippen LogP contribution in [-0.2, 0) is 9.53 Å². The van der Waals surface area contributed by atoms with E-state index in [9.17, 15) is 9.59 Å². The van der Waals surface area contributed by atoms with Gasteiger partial charge in [-0.3, -0.25) is 0 Å². The monoisotopic (exact) mass is 290 g/mol. The molecule has 1 fully saturated rings. The number of urea groups is 1. The Kier molecular flexibility index (Phi) is 7.27. The van der Waals surface area contributed by atoms with Gasteiger partial charge in [0.05, 0.1) is 19.3 Å². The lowest BCUT2D eigenvalue weighted by Crippen LogP contribution is -2.49. The Hall–Kier alpha value is -1.38. The summed E-state index contributed by atoms with van der Waals surface area (Å²) >= 11 is 0. The number of piperidine rings is 1. The number of aliphatic carboxylic acids is 1. The largest absolute Gasteiger partial charge is 0.480 e. The maximum absolute atomic E-state index is 12.1. The number of carbonyl (C=O) groups is 2. The third-order valence-corrected chi connectivity index (χ3v) is 3.17. The SMILES string of the molecule is O=C(O)COC1CCN(C(=O)N(CCO)CCO)CC1. The summed E-state index contributed by atoms with van der Waals surface area (Å²) in [5, 5.41) is 26.3. The molecule has 1 saturated heterocycles. The molecule has 1 heterocycles. The minimum absolute atomic E-state index is 0.140. The second kappa shape index (κ2) is 8.72. The van der Waals surface area contributed by atoms with Gasteiger partial charge in [0.15, 0.2) is 0 Å². The molecule has 0 radical (unpaired) electrons. The molecule has 8 nitrogen and oxygen atoms in total. The summed E-state index contributed by atoms with van der Waals surface area (Å²) in [6.07, 6.45) is 1.04. The molecule has 8 heteroatoms. The minimum atomic E-state index is -0.999. The van der Waals surface area contributed by atoms with E-state index >= 15 is 0 Å². The van der Waals surface area contributed by atoms with Gasteiger partial charge in [0.25, 0.3) is 0 Å². The van der Waals surface area contributed by atoms with E-state index in [1.807, 2.05) is 0 Å². The Labute approximate surface area is 117 Å². The lowest BCUT2D eigenvalue weighted by atomic mass is 10.1. The molecule has 0 unspecified atom stereocenters. The van der Waals surface area contributed by atoms with E-state index < -0.39 is 5.97 Å².